The zero-order valence-corrected chi connectivity index (χ0v) is 11.6. The highest BCUT2D eigenvalue weighted by molar-refractivity contribution is 5.78. The van der Waals surface area contributed by atoms with Gasteiger partial charge in [0.15, 0.2) is 0 Å². The number of aromatic nitrogens is 1. The molecular weight excluding hydrogens is 251 g/mol. The summed E-state index contributed by atoms with van der Waals surface area (Å²) < 4.78 is 14.1. The van der Waals surface area contributed by atoms with E-state index in [0.29, 0.717) is 5.56 Å². The Hall–Kier alpha value is -2.16. The lowest BCUT2D eigenvalue weighted by atomic mass is 10.0. The van der Waals surface area contributed by atoms with E-state index < -0.39 is 0 Å². The summed E-state index contributed by atoms with van der Waals surface area (Å²) in [6, 6.07) is 9.01. The molecule has 2 nitrogen and oxygen atoms in total. The summed E-state index contributed by atoms with van der Waals surface area (Å²) in [6.45, 7) is 7.68. The number of hydrogen-bond donors (Lipinski definition) is 0. The molecule has 2 heterocycles. The maximum atomic E-state index is 14.1. The van der Waals surface area contributed by atoms with Crippen LogP contribution in [0.5, 0.6) is 0 Å². The number of anilines is 1. The predicted octanol–water partition coefficient (Wildman–Crippen LogP) is 4.05. The van der Waals surface area contributed by atoms with E-state index in [-0.39, 0.29) is 5.82 Å². The van der Waals surface area contributed by atoms with E-state index in [9.17, 15) is 4.39 Å². The highest BCUT2D eigenvalue weighted by Gasteiger charge is 2.21. The molecule has 1 fully saturated rings. The van der Waals surface area contributed by atoms with E-state index in [0.717, 1.165) is 42.1 Å². The Bertz CT molecular complexity index is 660. The molecule has 3 rings (SSSR count). The summed E-state index contributed by atoms with van der Waals surface area (Å²) in [4.78, 5) is 6.79. The molecule has 1 aromatic heterocycles. The fourth-order valence-corrected chi connectivity index (χ4v) is 2.40. The molecule has 0 bridgehead atoms. The van der Waals surface area contributed by atoms with Gasteiger partial charge in [-0.1, -0.05) is 18.2 Å². The third kappa shape index (κ3) is 2.20. The molecule has 20 heavy (non-hydrogen) atoms. The quantitative estimate of drug-likeness (QED) is 0.835. The molecule has 3 heteroatoms. The Labute approximate surface area is 118 Å². The van der Waals surface area contributed by atoms with Crippen molar-refractivity contribution in [3.8, 4) is 11.1 Å². The van der Waals surface area contributed by atoms with Crippen molar-refractivity contribution in [1.29, 1.82) is 0 Å². The number of rotatable bonds is 3. The van der Waals surface area contributed by atoms with Crippen LogP contribution in [0, 0.1) is 12.7 Å². The van der Waals surface area contributed by atoms with Crippen LogP contribution in [0.2, 0.25) is 0 Å². The molecule has 0 N–H and O–H groups in total. The summed E-state index contributed by atoms with van der Waals surface area (Å²) in [6.07, 6.45) is 2.88. The van der Waals surface area contributed by atoms with Gasteiger partial charge in [-0.15, -0.1) is 0 Å². The highest BCUT2D eigenvalue weighted by Crippen LogP contribution is 2.34. The summed E-state index contributed by atoms with van der Waals surface area (Å²) in [5.41, 5.74) is 3.35. The van der Waals surface area contributed by atoms with Crippen molar-refractivity contribution in [3.05, 3.63) is 54.0 Å². The number of nitrogens with zero attached hydrogens (tertiary/aromatic N) is 2. The van der Waals surface area contributed by atoms with Crippen molar-refractivity contribution < 1.29 is 4.39 Å². The minimum atomic E-state index is -0.203. The van der Waals surface area contributed by atoms with E-state index in [4.69, 9.17) is 0 Å². The van der Waals surface area contributed by atoms with Crippen molar-refractivity contribution in [3.63, 3.8) is 0 Å². The summed E-state index contributed by atoms with van der Waals surface area (Å²) in [5, 5.41) is 0. The fraction of sp³-hybridized carbons (Fsp3) is 0.235. The van der Waals surface area contributed by atoms with Crippen LogP contribution in [0.25, 0.3) is 17.2 Å². The molecule has 0 amide bonds. The standard InChI is InChI=1S/C17H17FN2/c1-3-13-6-7-14(17(19-13)20-9-4-10-20)15-11-12(2)5-8-16(15)18/h3,5-8,11H,1,4,9-10H2,2H3. The summed E-state index contributed by atoms with van der Waals surface area (Å²) in [5.74, 6) is 0.656. The average molecular weight is 268 g/mol. The van der Waals surface area contributed by atoms with Crippen molar-refractivity contribution in [2.24, 2.45) is 0 Å². The molecule has 0 unspecified atom stereocenters. The van der Waals surface area contributed by atoms with Gasteiger partial charge in [-0.3, -0.25) is 0 Å². The van der Waals surface area contributed by atoms with Crippen LogP contribution in [0.1, 0.15) is 17.7 Å². The minimum Gasteiger partial charge on any atom is -0.356 e. The van der Waals surface area contributed by atoms with Crippen LogP contribution in [0.15, 0.2) is 36.9 Å². The largest absolute Gasteiger partial charge is 0.356 e. The summed E-state index contributed by atoms with van der Waals surface area (Å²) in [7, 11) is 0. The van der Waals surface area contributed by atoms with Crippen LogP contribution in [0.4, 0.5) is 10.2 Å². The second-order valence-corrected chi connectivity index (χ2v) is 5.14. The maximum Gasteiger partial charge on any atom is 0.137 e. The van der Waals surface area contributed by atoms with E-state index in [1.807, 2.05) is 25.1 Å². The molecule has 1 aliphatic heterocycles. The lowest BCUT2D eigenvalue weighted by Gasteiger charge is -2.33. The van der Waals surface area contributed by atoms with Crippen LogP contribution >= 0.6 is 0 Å². The topological polar surface area (TPSA) is 16.1 Å². The first-order chi connectivity index (χ1) is 9.69. The lowest BCUT2D eigenvalue weighted by molar-refractivity contribution is 0.608. The minimum absolute atomic E-state index is 0.203. The predicted molar refractivity (Wildman–Crippen MR) is 81.3 cm³/mol. The lowest BCUT2D eigenvalue weighted by Crippen LogP contribution is -2.38. The molecule has 0 radical (unpaired) electrons. The number of hydrogen-bond acceptors (Lipinski definition) is 2. The van der Waals surface area contributed by atoms with Gasteiger partial charge in [0.05, 0.1) is 5.69 Å². The van der Waals surface area contributed by atoms with Crippen LogP contribution < -0.4 is 4.90 Å². The maximum absolute atomic E-state index is 14.1. The first-order valence-electron chi connectivity index (χ1n) is 6.84. The van der Waals surface area contributed by atoms with Crippen molar-refractivity contribution >= 4 is 11.9 Å². The average Bonchev–Trinajstić information content (AvgIpc) is 2.40. The summed E-state index contributed by atoms with van der Waals surface area (Å²) >= 11 is 0. The van der Waals surface area contributed by atoms with E-state index in [2.05, 4.69) is 16.5 Å². The first kappa shape index (κ1) is 12.9. The van der Waals surface area contributed by atoms with Gasteiger partial charge in [-0.25, -0.2) is 9.37 Å². The number of aryl methyl sites for hydroxylation is 1. The van der Waals surface area contributed by atoms with Gasteiger partial charge < -0.3 is 4.90 Å². The van der Waals surface area contributed by atoms with Crippen LogP contribution in [0.3, 0.4) is 0 Å². The van der Waals surface area contributed by atoms with Gasteiger partial charge >= 0.3 is 0 Å². The third-order valence-electron chi connectivity index (χ3n) is 3.67. The molecular formula is C17H17FN2. The van der Waals surface area contributed by atoms with E-state index in [1.54, 1.807) is 12.1 Å². The van der Waals surface area contributed by atoms with Gasteiger partial charge in [0, 0.05) is 24.2 Å². The molecule has 1 saturated heterocycles. The second kappa shape index (κ2) is 5.08. The second-order valence-electron chi connectivity index (χ2n) is 5.14. The Morgan fingerprint density at radius 2 is 2.00 bits per heavy atom. The molecule has 102 valence electrons. The van der Waals surface area contributed by atoms with Crippen molar-refractivity contribution in [1.82, 2.24) is 4.98 Å². The van der Waals surface area contributed by atoms with Gasteiger partial charge in [-0.2, -0.15) is 0 Å². The molecule has 1 aromatic carbocycles. The smallest absolute Gasteiger partial charge is 0.137 e. The molecule has 0 aliphatic carbocycles. The molecule has 0 atom stereocenters. The van der Waals surface area contributed by atoms with Gasteiger partial charge in [0.1, 0.15) is 11.6 Å². The van der Waals surface area contributed by atoms with Crippen molar-refractivity contribution in [2.75, 3.05) is 18.0 Å². The van der Waals surface area contributed by atoms with Gasteiger partial charge in [0.25, 0.3) is 0 Å². The number of pyridine rings is 1. The third-order valence-corrected chi connectivity index (χ3v) is 3.67. The number of benzene rings is 1. The van der Waals surface area contributed by atoms with Gasteiger partial charge in [0.2, 0.25) is 0 Å². The van der Waals surface area contributed by atoms with E-state index in [1.165, 1.54) is 6.07 Å². The highest BCUT2D eigenvalue weighted by atomic mass is 19.1. The molecule has 2 aromatic rings. The zero-order valence-electron chi connectivity index (χ0n) is 11.6. The van der Waals surface area contributed by atoms with Gasteiger partial charge in [-0.05, 0) is 43.7 Å². The fourth-order valence-electron chi connectivity index (χ4n) is 2.40. The van der Waals surface area contributed by atoms with Crippen molar-refractivity contribution in [2.45, 2.75) is 13.3 Å². The number of halogens is 1. The first-order valence-corrected chi connectivity index (χ1v) is 6.84. The normalized spacial score (nSPS) is 14.0. The van der Waals surface area contributed by atoms with Crippen LogP contribution in [-0.4, -0.2) is 18.1 Å². The Morgan fingerprint density at radius 3 is 2.65 bits per heavy atom. The molecule has 1 aliphatic rings. The Kier molecular flexibility index (Phi) is 3.26. The Morgan fingerprint density at radius 1 is 1.20 bits per heavy atom. The monoisotopic (exact) mass is 268 g/mol. The Balaban J connectivity index is 2.16. The SMILES string of the molecule is C=Cc1ccc(-c2cc(C)ccc2F)c(N2CCC2)n1. The molecule has 0 saturated carbocycles. The molecule has 0 spiro atoms. The van der Waals surface area contributed by atoms with E-state index >= 15 is 0 Å². The van der Waals surface area contributed by atoms with Crippen LogP contribution in [-0.2, 0) is 0 Å². The zero-order chi connectivity index (χ0) is 14.1.